The Bertz CT molecular complexity index is 1500. The van der Waals surface area contributed by atoms with Gasteiger partial charge in [0.05, 0.1) is 47.7 Å². The van der Waals surface area contributed by atoms with Crippen LogP contribution in [0, 0.1) is 5.92 Å². The minimum atomic E-state index is -0.103. The second-order valence-electron chi connectivity index (χ2n) is 10.3. The molecule has 1 aromatic carbocycles. The summed E-state index contributed by atoms with van der Waals surface area (Å²) in [4.78, 5) is 34.6. The molecule has 194 valence electrons. The standard InChI is InChI=1S/C27H26ClN7O3/c28-21-10-22(18-12-29-35(13-18)19-14-38-15-19)30-24-9-17(3-4-20(21)24)26(36)33-5-7-34(8-6-33)27(37)25-11-23(31-32-25)16-1-2-16/h3-4,9-13,16,19,23H,1-2,5-8,14-15H2. The summed E-state index contributed by atoms with van der Waals surface area (Å²) >= 11 is 6.59. The molecule has 1 unspecified atom stereocenters. The van der Waals surface area contributed by atoms with Crippen molar-refractivity contribution in [3.05, 3.63) is 59.0 Å². The third kappa shape index (κ3) is 4.27. The average molecular weight is 532 g/mol. The molecule has 0 N–H and O–H groups in total. The summed E-state index contributed by atoms with van der Waals surface area (Å²) in [7, 11) is 0. The van der Waals surface area contributed by atoms with E-state index in [0.717, 1.165) is 23.8 Å². The fourth-order valence-corrected chi connectivity index (χ4v) is 5.37. The Morgan fingerprint density at radius 3 is 2.47 bits per heavy atom. The van der Waals surface area contributed by atoms with Crippen LogP contribution in [0.25, 0.3) is 22.2 Å². The molecule has 1 aliphatic carbocycles. The molecule has 3 aromatic rings. The Labute approximate surface area is 223 Å². The normalized spacial score (nSPS) is 21.6. The van der Waals surface area contributed by atoms with Crippen molar-refractivity contribution in [1.29, 1.82) is 0 Å². The first-order valence-electron chi connectivity index (χ1n) is 13.0. The van der Waals surface area contributed by atoms with Crippen LogP contribution < -0.4 is 0 Å². The number of nitrogens with zero attached hydrogens (tertiary/aromatic N) is 7. The average Bonchev–Trinajstić information content (AvgIpc) is 3.44. The highest BCUT2D eigenvalue weighted by Gasteiger charge is 2.35. The first kappa shape index (κ1) is 23.5. The van der Waals surface area contributed by atoms with E-state index in [-0.39, 0.29) is 23.9 Å². The molecule has 2 amide bonds. The molecule has 5 heterocycles. The van der Waals surface area contributed by atoms with Gasteiger partial charge in [0.1, 0.15) is 5.70 Å². The summed E-state index contributed by atoms with van der Waals surface area (Å²) in [5, 5.41) is 14.2. The molecule has 4 aliphatic rings. The number of piperazine rings is 1. The molecule has 3 fully saturated rings. The van der Waals surface area contributed by atoms with Gasteiger partial charge in [-0.1, -0.05) is 17.7 Å². The van der Waals surface area contributed by atoms with Gasteiger partial charge >= 0.3 is 0 Å². The van der Waals surface area contributed by atoms with Gasteiger partial charge in [0.2, 0.25) is 0 Å². The molecule has 38 heavy (non-hydrogen) atoms. The van der Waals surface area contributed by atoms with Crippen molar-refractivity contribution in [2.45, 2.75) is 24.9 Å². The third-order valence-corrected chi connectivity index (χ3v) is 8.02. The number of benzene rings is 1. The number of fused-ring (bicyclic) bond motifs is 1. The third-order valence-electron chi connectivity index (χ3n) is 7.70. The zero-order valence-corrected chi connectivity index (χ0v) is 21.4. The van der Waals surface area contributed by atoms with E-state index in [2.05, 4.69) is 15.3 Å². The molecule has 1 atom stereocenters. The summed E-state index contributed by atoms with van der Waals surface area (Å²) in [6.07, 6.45) is 7.92. The van der Waals surface area contributed by atoms with E-state index < -0.39 is 0 Å². The van der Waals surface area contributed by atoms with Crippen LogP contribution in [0.3, 0.4) is 0 Å². The number of ether oxygens (including phenoxy) is 1. The summed E-state index contributed by atoms with van der Waals surface area (Å²) in [5.41, 5.74) is 3.18. The lowest BCUT2D eigenvalue weighted by Gasteiger charge is -2.34. The molecule has 3 aliphatic heterocycles. The van der Waals surface area contributed by atoms with Gasteiger partial charge in [0.25, 0.3) is 11.8 Å². The van der Waals surface area contributed by atoms with Crippen LogP contribution in [-0.4, -0.2) is 81.8 Å². The maximum atomic E-state index is 13.4. The van der Waals surface area contributed by atoms with Gasteiger partial charge < -0.3 is 14.5 Å². The molecule has 1 saturated carbocycles. The second kappa shape index (κ2) is 9.28. The van der Waals surface area contributed by atoms with Crippen molar-refractivity contribution < 1.29 is 14.3 Å². The molecular weight excluding hydrogens is 506 g/mol. The molecular formula is C27H26ClN7O3. The highest BCUT2D eigenvalue weighted by atomic mass is 35.5. The molecule has 7 rings (SSSR count). The Hall–Kier alpha value is -3.63. The number of azo groups is 1. The number of rotatable bonds is 5. The Balaban J connectivity index is 1.05. The maximum absolute atomic E-state index is 13.4. The summed E-state index contributed by atoms with van der Waals surface area (Å²) in [6.45, 7) is 3.15. The molecule has 2 aromatic heterocycles. The van der Waals surface area contributed by atoms with Crippen molar-refractivity contribution in [3.63, 3.8) is 0 Å². The maximum Gasteiger partial charge on any atom is 0.274 e. The number of aromatic nitrogens is 3. The molecule has 2 saturated heterocycles. The zero-order chi connectivity index (χ0) is 25.8. The number of hydrogen-bond donors (Lipinski definition) is 0. The van der Waals surface area contributed by atoms with E-state index in [0.29, 0.717) is 72.8 Å². The number of carbonyl (C=O) groups is 2. The zero-order valence-electron chi connectivity index (χ0n) is 20.7. The second-order valence-corrected chi connectivity index (χ2v) is 10.7. The lowest BCUT2D eigenvalue weighted by Crippen LogP contribution is -2.50. The number of amides is 2. The fraction of sp³-hybridized carbons (Fsp3) is 0.407. The Morgan fingerprint density at radius 2 is 1.76 bits per heavy atom. The van der Waals surface area contributed by atoms with E-state index in [1.54, 1.807) is 28.1 Å². The summed E-state index contributed by atoms with van der Waals surface area (Å²) in [6, 6.07) is 7.54. The van der Waals surface area contributed by atoms with Gasteiger partial charge in [-0.05, 0) is 43.0 Å². The van der Waals surface area contributed by atoms with Gasteiger partial charge in [-0.15, -0.1) is 5.11 Å². The van der Waals surface area contributed by atoms with Gasteiger partial charge in [0, 0.05) is 48.9 Å². The van der Waals surface area contributed by atoms with E-state index in [1.165, 1.54) is 0 Å². The number of halogens is 1. The Morgan fingerprint density at radius 1 is 1.00 bits per heavy atom. The SMILES string of the molecule is O=C(C1=CC(C2CC2)N=N1)N1CCN(C(=O)c2ccc3c(Cl)cc(-c4cnn(C5COC5)c4)nc3c2)CC1. The minimum Gasteiger partial charge on any atom is -0.377 e. The quantitative estimate of drug-likeness (QED) is 0.499. The monoisotopic (exact) mass is 531 g/mol. The van der Waals surface area contributed by atoms with Crippen LogP contribution in [0.4, 0.5) is 0 Å². The predicted octanol–water partition coefficient (Wildman–Crippen LogP) is 3.74. The van der Waals surface area contributed by atoms with Crippen LogP contribution in [0.15, 0.2) is 58.7 Å². The lowest BCUT2D eigenvalue weighted by atomic mass is 10.1. The number of hydrogen-bond acceptors (Lipinski definition) is 7. The van der Waals surface area contributed by atoms with Crippen LogP contribution in [0.5, 0.6) is 0 Å². The minimum absolute atomic E-state index is 0.0564. The van der Waals surface area contributed by atoms with Gasteiger partial charge in [-0.3, -0.25) is 14.3 Å². The first-order valence-corrected chi connectivity index (χ1v) is 13.3. The van der Waals surface area contributed by atoms with E-state index >= 15 is 0 Å². The van der Waals surface area contributed by atoms with Crippen molar-refractivity contribution >= 4 is 34.3 Å². The molecule has 0 spiro atoms. The Kier molecular flexibility index (Phi) is 5.74. The molecule has 10 nitrogen and oxygen atoms in total. The largest absolute Gasteiger partial charge is 0.377 e. The van der Waals surface area contributed by atoms with E-state index in [1.807, 2.05) is 29.1 Å². The van der Waals surface area contributed by atoms with E-state index in [4.69, 9.17) is 21.3 Å². The number of pyridine rings is 1. The van der Waals surface area contributed by atoms with Crippen molar-refractivity contribution in [1.82, 2.24) is 24.6 Å². The van der Waals surface area contributed by atoms with Crippen LogP contribution in [0.2, 0.25) is 5.02 Å². The van der Waals surface area contributed by atoms with Crippen LogP contribution in [-0.2, 0) is 9.53 Å². The molecule has 0 bridgehead atoms. The summed E-state index contributed by atoms with van der Waals surface area (Å²) in [5.74, 6) is 0.351. The molecule has 11 heteroatoms. The first-order chi connectivity index (χ1) is 18.5. The van der Waals surface area contributed by atoms with Gasteiger partial charge in [-0.25, -0.2) is 4.98 Å². The highest BCUT2D eigenvalue weighted by Crippen LogP contribution is 2.38. The topological polar surface area (TPSA) is 105 Å². The van der Waals surface area contributed by atoms with Crippen LogP contribution in [0.1, 0.15) is 29.2 Å². The van der Waals surface area contributed by atoms with Gasteiger partial charge in [0.15, 0.2) is 0 Å². The molecule has 0 radical (unpaired) electrons. The van der Waals surface area contributed by atoms with Crippen LogP contribution >= 0.6 is 11.6 Å². The fourth-order valence-electron chi connectivity index (χ4n) is 5.11. The van der Waals surface area contributed by atoms with Crippen molar-refractivity contribution in [3.8, 4) is 11.3 Å². The smallest absolute Gasteiger partial charge is 0.274 e. The van der Waals surface area contributed by atoms with Crippen molar-refractivity contribution in [2.24, 2.45) is 16.1 Å². The number of carbonyl (C=O) groups excluding carboxylic acids is 2. The predicted molar refractivity (Wildman–Crippen MR) is 140 cm³/mol. The van der Waals surface area contributed by atoms with Crippen molar-refractivity contribution in [2.75, 3.05) is 39.4 Å². The van der Waals surface area contributed by atoms with E-state index in [9.17, 15) is 9.59 Å². The highest BCUT2D eigenvalue weighted by molar-refractivity contribution is 6.35. The summed E-state index contributed by atoms with van der Waals surface area (Å²) < 4.78 is 7.15. The van der Waals surface area contributed by atoms with Gasteiger partial charge in [-0.2, -0.15) is 10.2 Å². The lowest BCUT2D eigenvalue weighted by molar-refractivity contribution is -0.128.